The molecule has 0 aliphatic rings. The van der Waals surface area contributed by atoms with E-state index < -0.39 is 70.4 Å². The van der Waals surface area contributed by atoms with Crippen LogP contribution in [0.5, 0.6) is 0 Å². The Hall–Kier alpha value is -5.02. The van der Waals surface area contributed by atoms with Crippen molar-refractivity contribution >= 4 is 52.0 Å². The second-order valence-electron chi connectivity index (χ2n) is 15.4. The minimum atomic E-state index is -5.08. The maximum atomic E-state index is 13.6. The molecule has 22 heteroatoms. The lowest BCUT2D eigenvalue weighted by molar-refractivity contribution is -0.533. The second kappa shape index (κ2) is 25.4. The number of nitrogens with zero attached hydrogens (tertiary/aromatic N) is 1. The van der Waals surface area contributed by atoms with Crippen molar-refractivity contribution in [1.29, 1.82) is 0 Å². The Bertz CT molecular complexity index is 2000. The van der Waals surface area contributed by atoms with Crippen LogP contribution in [-0.4, -0.2) is 59.0 Å². The first-order chi connectivity index (χ1) is 30.9. The number of rotatable bonds is 18. The van der Waals surface area contributed by atoms with Crippen molar-refractivity contribution in [2.75, 3.05) is 36.8 Å². The molecule has 0 saturated heterocycles. The van der Waals surface area contributed by atoms with Gasteiger partial charge in [0, 0.05) is 11.4 Å². The number of thiocarbonyl (C=S) groups is 2. The molecule has 0 fully saturated rings. The zero-order chi connectivity index (χ0) is 48.7. The van der Waals surface area contributed by atoms with Gasteiger partial charge in [0.15, 0.2) is 10.2 Å². The monoisotopic (exact) mass is 1020 g/mol. The van der Waals surface area contributed by atoms with E-state index in [0.717, 1.165) is 36.8 Å². The molecule has 0 radical (unpaired) electrons. The summed E-state index contributed by atoms with van der Waals surface area (Å²) >= 11 is 10.9. The first kappa shape index (κ1) is 56.3. The Morgan fingerprint density at radius 2 is 0.821 bits per heavy atom. The van der Waals surface area contributed by atoms with Gasteiger partial charge in [0.1, 0.15) is 0 Å². The van der Waals surface area contributed by atoms with Gasteiger partial charge < -0.3 is 33.7 Å². The molecule has 0 unspecified atom stereocenters. The van der Waals surface area contributed by atoms with Gasteiger partial charge in [-0.3, -0.25) is 15.2 Å². The zero-order valence-electron chi connectivity index (χ0n) is 36.1. The van der Waals surface area contributed by atoms with Gasteiger partial charge in [-0.2, -0.15) is 52.7 Å². The predicted molar refractivity (Wildman–Crippen MR) is 240 cm³/mol. The van der Waals surface area contributed by atoms with Crippen molar-refractivity contribution in [3.8, 4) is 0 Å². The van der Waals surface area contributed by atoms with Gasteiger partial charge in [-0.25, -0.2) is 0 Å². The molecule has 4 aromatic carbocycles. The molecule has 368 valence electrons. The summed E-state index contributed by atoms with van der Waals surface area (Å²) in [6.07, 6.45) is -16.5. The van der Waals surface area contributed by atoms with E-state index in [1.54, 1.807) is 36.4 Å². The summed E-state index contributed by atoms with van der Waals surface area (Å²) in [5.74, 6) is 0.537. The molecule has 6 N–H and O–H groups in total. The summed E-state index contributed by atoms with van der Waals surface area (Å²) in [6.45, 7) is 5.44. The van der Waals surface area contributed by atoms with E-state index in [0.29, 0.717) is 56.2 Å². The van der Waals surface area contributed by atoms with Gasteiger partial charge in [-0.05, 0) is 97.6 Å². The summed E-state index contributed by atoms with van der Waals surface area (Å²) in [6, 6.07) is 19.1. The molecule has 67 heavy (non-hydrogen) atoms. The molecule has 0 aromatic heterocycles. The zero-order valence-corrected chi connectivity index (χ0v) is 38.5. The van der Waals surface area contributed by atoms with Crippen molar-refractivity contribution in [2.45, 2.75) is 89.2 Å². The van der Waals surface area contributed by atoms with Crippen LogP contribution in [0, 0.1) is 0 Å². The van der Waals surface area contributed by atoms with Gasteiger partial charge in [-0.15, -0.1) is 0 Å². The van der Waals surface area contributed by atoms with E-state index in [-0.39, 0.29) is 47.9 Å². The Kier molecular flexibility index (Phi) is 21.3. The third-order valence-electron chi connectivity index (χ3n) is 9.92. The van der Waals surface area contributed by atoms with E-state index in [1.165, 1.54) is 0 Å². The quantitative estimate of drug-likeness (QED) is 0.0196. The van der Waals surface area contributed by atoms with Crippen molar-refractivity contribution < 1.29 is 69.7 Å². The molecule has 0 aliphatic carbocycles. The molecule has 4 rings (SSSR count). The number of benzene rings is 4. The third kappa shape index (κ3) is 19.2. The molecule has 0 amide bonds. The lowest BCUT2D eigenvalue weighted by Gasteiger charge is -2.24. The maximum absolute atomic E-state index is 13.6. The van der Waals surface area contributed by atoms with Crippen LogP contribution in [0.1, 0.15) is 72.9 Å². The molecule has 0 saturated carbocycles. The smallest absolute Gasteiger partial charge is 0.416 e. The first-order valence-electron chi connectivity index (χ1n) is 20.9. The van der Waals surface area contributed by atoms with Crippen LogP contribution in [0.4, 0.5) is 64.1 Å². The first-order valence-corrected chi connectivity index (χ1v) is 21.7. The van der Waals surface area contributed by atoms with Crippen molar-refractivity contribution in [3.63, 3.8) is 0 Å². The van der Waals surface area contributed by atoms with Crippen molar-refractivity contribution in [1.82, 2.24) is 21.3 Å². The number of nitrogens with one attached hydrogen (secondary N) is 6. The lowest BCUT2D eigenvalue weighted by atomic mass is 10.1. The van der Waals surface area contributed by atoms with Gasteiger partial charge in [0.2, 0.25) is 0 Å². The molecule has 0 heterocycles. The molecule has 2 atom stereocenters. The summed E-state index contributed by atoms with van der Waals surface area (Å²) in [4.78, 5) is 0. The molecule has 0 spiro atoms. The van der Waals surface area contributed by atoms with Gasteiger partial charge >= 0.3 is 30.7 Å². The fourth-order valence-corrected chi connectivity index (χ4v) is 7.23. The number of unbranched alkanes of at least 4 members (excludes halogenated alkanes) is 2. The van der Waals surface area contributed by atoms with Gasteiger partial charge in [0.25, 0.3) is 0 Å². The Morgan fingerprint density at radius 1 is 0.507 bits per heavy atom. The van der Waals surface area contributed by atoms with Crippen LogP contribution in [0.25, 0.3) is 0 Å². The molecule has 4 aromatic rings. The fourth-order valence-electron chi connectivity index (χ4n) is 6.66. The highest BCUT2D eigenvalue weighted by Gasteiger charge is 2.38. The molecular weight excluding hydrogens is 966 g/mol. The van der Waals surface area contributed by atoms with Crippen LogP contribution in [0.3, 0.4) is 0 Å². The highest BCUT2D eigenvalue weighted by Crippen LogP contribution is 2.39. The average molecular weight is 1020 g/mol. The number of alkyl halides is 12. The number of hydrogen-bond donors (Lipinski definition) is 6. The van der Waals surface area contributed by atoms with Crippen LogP contribution in [0.2, 0.25) is 0 Å². The third-order valence-corrected chi connectivity index (χ3v) is 10.4. The fraction of sp³-hybridized carbons (Fsp3) is 0.400. The Labute approximate surface area is 398 Å². The molecule has 0 aliphatic heterocycles. The summed E-state index contributed by atoms with van der Waals surface area (Å²) in [5.41, 5.74) is -5.46. The van der Waals surface area contributed by atoms with Crippen LogP contribution in [0.15, 0.2) is 97.1 Å². The Balaban J connectivity index is 0.0000119. The average Bonchev–Trinajstić information content (AvgIpc) is 3.23. The van der Waals surface area contributed by atoms with E-state index in [1.807, 2.05) is 38.1 Å². The van der Waals surface area contributed by atoms with Crippen molar-refractivity contribution in [2.24, 2.45) is 0 Å². The summed E-state index contributed by atoms with van der Waals surface area (Å²) in [7, 11) is 0. The second-order valence-corrected chi connectivity index (χ2v) is 16.2. The molecular formula is C45H50ClF12N7S2. The van der Waals surface area contributed by atoms with E-state index in [9.17, 15) is 52.7 Å². The van der Waals surface area contributed by atoms with Crippen LogP contribution >= 0.6 is 24.4 Å². The van der Waals surface area contributed by atoms with Crippen molar-refractivity contribution in [3.05, 3.63) is 130 Å². The van der Waals surface area contributed by atoms with Gasteiger partial charge in [-0.1, -0.05) is 87.4 Å². The standard InChI is InChI=1S/C45H49F12N7S2.ClH/c1-3-5-17-64(18-6-4-2)39(58-27-37(19-29-13-9-7-10-14-29)62-40(65)60-35-23-31(42(46,47)48)21-32(24-35)43(49,50)51)59-28-38(20-30-15-11-8-12-16-30)63-41(66)61-36-25-33(44(52,53)54)22-34(26-36)45(55,56)57;/h7-16,21-26,37-38H,3-6,17-20,27-28H2,1-2H3,(H5,58,59,60,61,62,63,65,66);1H/t37-,38-;/m0./s1. The van der Waals surface area contributed by atoms with Crippen LogP contribution < -0.4 is 44.3 Å². The topological polar surface area (TPSA) is 75.2 Å². The summed E-state index contributed by atoms with van der Waals surface area (Å²) < 4.78 is 166. The van der Waals surface area contributed by atoms with E-state index in [4.69, 9.17) is 24.4 Å². The normalized spacial score (nSPS) is 12.8. The SMILES string of the molecule is CCCC[N+](CCCC)=C(NC[C@H](Cc1ccccc1)NC(=S)Nc1cc(C(F)(F)F)cc(C(F)(F)F)c1)NC[C@H](Cc1ccccc1)NC(=S)Nc1cc(C(F)(F)F)cc(C(F)(F)F)c1.[Cl-]. The van der Waals surface area contributed by atoms with Crippen LogP contribution in [-0.2, 0) is 37.5 Å². The number of hydrogen-bond acceptors (Lipinski definition) is 2. The lowest BCUT2D eigenvalue weighted by Crippen LogP contribution is -3.00. The Morgan fingerprint density at radius 3 is 1.10 bits per heavy atom. The highest BCUT2D eigenvalue weighted by atomic mass is 35.5. The van der Waals surface area contributed by atoms with Gasteiger partial charge in [0.05, 0.1) is 60.5 Å². The highest BCUT2D eigenvalue weighted by molar-refractivity contribution is 7.80. The minimum absolute atomic E-state index is 0. The maximum Gasteiger partial charge on any atom is 0.416 e. The summed E-state index contributed by atoms with van der Waals surface area (Å²) in [5, 5.41) is 17.4. The largest absolute Gasteiger partial charge is 1.00 e. The number of guanidine groups is 1. The minimum Gasteiger partial charge on any atom is -1.00 e. The number of halogens is 13. The molecule has 7 nitrogen and oxygen atoms in total. The number of anilines is 2. The molecule has 0 bridgehead atoms. The van der Waals surface area contributed by atoms with E-state index >= 15 is 0 Å². The predicted octanol–water partition coefficient (Wildman–Crippen LogP) is 8.41. The van der Waals surface area contributed by atoms with E-state index in [2.05, 4.69) is 36.5 Å².